The third-order valence-electron chi connectivity index (χ3n) is 2.55. The summed E-state index contributed by atoms with van der Waals surface area (Å²) >= 11 is 0. The lowest BCUT2D eigenvalue weighted by molar-refractivity contribution is -0.135. The van der Waals surface area contributed by atoms with Crippen molar-refractivity contribution in [2.24, 2.45) is 0 Å². The van der Waals surface area contributed by atoms with E-state index in [1.165, 1.54) is 20.3 Å². The molecule has 0 saturated heterocycles. The summed E-state index contributed by atoms with van der Waals surface area (Å²) in [5, 5.41) is 9.46. The second-order valence-corrected chi connectivity index (χ2v) is 3.77. The third-order valence-corrected chi connectivity index (χ3v) is 2.55. The van der Waals surface area contributed by atoms with Gasteiger partial charge in [0, 0.05) is 11.5 Å². The van der Waals surface area contributed by atoms with Crippen molar-refractivity contribution in [3.05, 3.63) is 29.2 Å². The van der Waals surface area contributed by atoms with Crippen LogP contribution in [0.25, 0.3) is 17.2 Å². The number of fused-ring (bicyclic) bond motifs is 1. The minimum atomic E-state index is -0.747. The molecule has 7 heteroatoms. The molecule has 0 saturated carbocycles. The van der Waals surface area contributed by atoms with E-state index < -0.39 is 11.9 Å². The Morgan fingerprint density at radius 2 is 2.10 bits per heavy atom. The molecule has 0 spiro atoms. The number of rotatable bonds is 3. The van der Waals surface area contributed by atoms with Crippen molar-refractivity contribution in [1.29, 1.82) is 5.26 Å². The quantitative estimate of drug-likeness (QED) is 0.518. The lowest BCUT2D eigenvalue weighted by Crippen LogP contribution is -2.02. The van der Waals surface area contributed by atoms with E-state index in [9.17, 15) is 9.59 Å². The van der Waals surface area contributed by atoms with Crippen LogP contribution in [-0.4, -0.2) is 31.1 Å². The average molecular weight is 274 g/mol. The van der Waals surface area contributed by atoms with Crippen LogP contribution in [0.15, 0.2) is 22.1 Å². The Labute approximate surface area is 113 Å². The maximum absolute atomic E-state index is 11.3. The van der Waals surface area contributed by atoms with Gasteiger partial charge in [0.1, 0.15) is 23.1 Å². The lowest BCUT2D eigenvalue weighted by atomic mass is 10.2. The maximum atomic E-state index is 11.3. The fourth-order valence-corrected chi connectivity index (χ4v) is 1.62. The summed E-state index contributed by atoms with van der Waals surface area (Å²) in [5.74, 6) is -0.965. The Hall–Kier alpha value is -3.01. The number of H-pyrrole nitrogens is 1. The molecule has 2 aromatic heterocycles. The Kier molecular flexibility index (Phi) is 3.57. The van der Waals surface area contributed by atoms with Crippen LogP contribution in [0.3, 0.4) is 0 Å². The number of furan rings is 1. The lowest BCUT2D eigenvalue weighted by Gasteiger charge is -1.94. The van der Waals surface area contributed by atoms with E-state index in [1.807, 2.05) is 0 Å². The molecule has 20 heavy (non-hydrogen) atoms. The van der Waals surface area contributed by atoms with Gasteiger partial charge in [0.25, 0.3) is 0 Å². The number of nitrogens with one attached hydrogen (secondary N) is 1. The van der Waals surface area contributed by atoms with Crippen LogP contribution in [0.1, 0.15) is 16.2 Å². The van der Waals surface area contributed by atoms with Crippen LogP contribution in [0.5, 0.6) is 0 Å². The first-order valence-electron chi connectivity index (χ1n) is 5.50. The Morgan fingerprint density at radius 1 is 1.35 bits per heavy atom. The molecule has 2 heterocycles. The van der Waals surface area contributed by atoms with Gasteiger partial charge in [0.05, 0.1) is 14.2 Å². The van der Waals surface area contributed by atoms with Gasteiger partial charge >= 0.3 is 11.9 Å². The summed E-state index contributed by atoms with van der Waals surface area (Å²) in [6.07, 6.45) is 1.26. The number of esters is 2. The number of methoxy groups -OCH3 is 2. The molecule has 7 nitrogen and oxygen atoms in total. The van der Waals surface area contributed by atoms with E-state index in [2.05, 4.69) is 14.5 Å². The smallest absolute Gasteiger partial charge is 0.354 e. The number of nitrogens with zero attached hydrogens (tertiary/aromatic N) is 1. The minimum absolute atomic E-state index is 0.183. The number of aromatic nitrogens is 1. The van der Waals surface area contributed by atoms with Gasteiger partial charge in [-0.3, -0.25) is 0 Å². The monoisotopic (exact) mass is 274 g/mol. The van der Waals surface area contributed by atoms with Crippen molar-refractivity contribution in [1.82, 2.24) is 4.98 Å². The predicted octanol–water partition coefficient (Wildman–Crippen LogP) is 1.63. The van der Waals surface area contributed by atoms with Gasteiger partial charge in [-0.2, -0.15) is 5.26 Å². The first-order valence-corrected chi connectivity index (χ1v) is 5.50. The topological polar surface area (TPSA) is 105 Å². The van der Waals surface area contributed by atoms with Crippen molar-refractivity contribution in [2.75, 3.05) is 14.2 Å². The van der Waals surface area contributed by atoms with Gasteiger partial charge in [0.15, 0.2) is 0 Å². The molecule has 0 aliphatic heterocycles. The largest absolute Gasteiger partial charge is 0.465 e. The number of hydrogen-bond acceptors (Lipinski definition) is 6. The summed E-state index contributed by atoms with van der Waals surface area (Å²) in [6, 6.07) is 4.85. The molecule has 0 bridgehead atoms. The van der Waals surface area contributed by atoms with E-state index in [4.69, 9.17) is 9.68 Å². The molecule has 0 amide bonds. The molecule has 0 aliphatic rings. The van der Waals surface area contributed by atoms with Crippen molar-refractivity contribution in [3.8, 4) is 6.07 Å². The summed E-state index contributed by atoms with van der Waals surface area (Å²) in [6.45, 7) is 0. The Morgan fingerprint density at radius 3 is 2.65 bits per heavy atom. The average Bonchev–Trinajstić information content (AvgIpc) is 3.00. The summed E-state index contributed by atoms with van der Waals surface area (Å²) < 4.78 is 14.4. The molecule has 0 aliphatic carbocycles. The van der Waals surface area contributed by atoms with Crippen LogP contribution in [0.4, 0.5) is 0 Å². The molecule has 2 aromatic rings. The van der Waals surface area contributed by atoms with Crippen molar-refractivity contribution in [2.45, 2.75) is 0 Å². The van der Waals surface area contributed by atoms with Crippen LogP contribution in [-0.2, 0) is 14.3 Å². The summed E-state index contributed by atoms with van der Waals surface area (Å²) in [5.41, 5.74) is 0.418. The standard InChI is InChI=1S/C13H10N2O5/c1-18-12(16)8(6-14)4-9-3-7-5-10(13(17)19-2)15-11(7)20-9/h3-5,15H,1-2H3/b8-4+. The SMILES string of the molecule is COC(=O)/C(C#N)=C/c1cc2cc(C(=O)OC)[nH]c2o1. The number of ether oxygens (including phenoxy) is 2. The zero-order chi connectivity index (χ0) is 14.7. The van der Waals surface area contributed by atoms with Gasteiger partial charge in [-0.25, -0.2) is 9.59 Å². The number of nitriles is 1. The first kappa shape index (κ1) is 13.4. The molecule has 0 fully saturated rings. The van der Waals surface area contributed by atoms with Crippen LogP contribution in [0, 0.1) is 11.3 Å². The van der Waals surface area contributed by atoms with Crippen LogP contribution in [0.2, 0.25) is 0 Å². The Balaban J connectivity index is 2.36. The number of carbonyl (C=O) groups is 2. The van der Waals surface area contributed by atoms with E-state index in [1.54, 1.807) is 18.2 Å². The van der Waals surface area contributed by atoms with Gasteiger partial charge in [-0.1, -0.05) is 0 Å². The number of carbonyl (C=O) groups excluding carboxylic acids is 2. The van der Waals surface area contributed by atoms with E-state index in [0.29, 0.717) is 16.9 Å². The van der Waals surface area contributed by atoms with Crippen molar-refractivity contribution >= 4 is 29.1 Å². The predicted molar refractivity (Wildman–Crippen MR) is 67.5 cm³/mol. The van der Waals surface area contributed by atoms with Gasteiger partial charge in [0.2, 0.25) is 5.71 Å². The van der Waals surface area contributed by atoms with E-state index in [-0.39, 0.29) is 11.3 Å². The summed E-state index contributed by atoms with van der Waals surface area (Å²) in [7, 11) is 2.46. The second kappa shape index (κ2) is 5.32. The fourth-order valence-electron chi connectivity index (χ4n) is 1.62. The molecule has 0 radical (unpaired) electrons. The third kappa shape index (κ3) is 2.40. The molecular weight excluding hydrogens is 264 g/mol. The molecule has 2 rings (SSSR count). The van der Waals surface area contributed by atoms with E-state index in [0.717, 1.165) is 0 Å². The molecule has 0 atom stereocenters. The maximum Gasteiger partial charge on any atom is 0.354 e. The van der Waals surface area contributed by atoms with Crippen molar-refractivity contribution in [3.63, 3.8) is 0 Å². The highest BCUT2D eigenvalue weighted by Crippen LogP contribution is 2.22. The molecule has 102 valence electrons. The second-order valence-electron chi connectivity index (χ2n) is 3.77. The van der Waals surface area contributed by atoms with Gasteiger partial charge in [-0.05, 0) is 12.1 Å². The molecule has 0 aromatic carbocycles. The highest BCUT2D eigenvalue weighted by molar-refractivity contribution is 5.98. The Bertz CT molecular complexity index is 713. The highest BCUT2D eigenvalue weighted by atomic mass is 16.5. The van der Waals surface area contributed by atoms with Crippen LogP contribution < -0.4 is 0 Å². The molecular formula is C13H10N2O5. The summed E-state index contributed by atoms with van der Waals surface area (Å²) in [4.78, 5) is 25.3. The zero-order valence-corrected chi connectivity index (χ0v) is 10.7. The first-order chi connectivity index (χ1) is 9.58. The highest BCUT2D eigenvalue weighted by Gasteiger charge is 2.14. The number of aromatic amines is 1. The van der Waals surface area contributed by atoms with E-state index >= 15 is 0 Å². The molecule has 1 N–H and O–H groups in total. The van der Waals surface area contributed by atoms with Gasteiger partial charge in [-0.15, -0.1) is 0 Å². The molecule has 0 unspecified atom stereocenters. The number of hydrogen-bond donors (Lipinski definition) is 1. The fraction of sp³-hybridized carbons (Fsp3) is 0.154. The van der Waals surface area contributed by atoms with Gasteiger partial charge < -0.3 is 18.9 Å². The minimum Gasteiger partial charge on any atom is -0.465 e. The normalized spacial score (nSPS) is 11.2. The van der Waals surface area contributed by atoms with Crippen LogP contribution >= 0.6 is 0 Å². The zero-order valence-electron chi connectivity index (χ0n) is 10.7. The van der Waals surface area contributed by atoms with Crippen molar-refractivity contribution < 1.29 is 23.5 Å².